The molecule has 0 atom stereocenters. The number of aromatic amines is 1. The Labute approximate surface area is 159 Å². The predicted molar refractivity (Wildman–Crippen MR) is 99.0 cm³/mol. The second kappa shape index (κ2) is 8.01. The van der Waals surface area contributed by atoms with Crippen molar-refractivity contribution in [2.75, 3.05) is 11.9 Å². The number of benzene rings is 1. The maximum absolute atomic E-state index is 13.9. The first-order valence-electron chi connectivity index (χ1n) is 8.06. The fourth-order valence-corrected chi connectivity index (χ4v) is 2.71. The van der Waals surface area contributed by atoms with Gasteiger partial charge in [-0.25, -0.2) is 4.39 Å². The van der Waals surface area contributed by atoms with Crippen LogP contribution in [0.15, 0.2) is 48.9 Å². The van der Waals surface area contributed by atoms with Gasteiger partial charge in [0.15, 0.2) is 5.78 Å². The van der Waals surface area contributed by atoms with Crippen LogP contribution in [-0.4, -0.2) is 28.3 Å². The van der Waals surface area contributed by atoms with Crippen LogP contribution in [0, 0.1) is 5.82 Å². The Morgan fingerprint density at radius 2 is 2.15 bits per heavy atom. The lowest BCUT2D eigenvalue weighted by Gasteiger charge is -2.09. The van der Waals surface area contributed by atoms with Crippen LogP contribution in [-0.2, 0) is 0 Å². The first-order valence-corrected chi connectivity index (χ1v) is 8.44. The van der Waals surface area contributed by atoms with E-state index in [9.17, 15) is 14.0 Å². The second-order valence-electron chi connectivity index (χ2n) is 5.49. The van der Waals surface area contributed by atoms with Crippen LogP contribution in [0.25, 0.3) is 0 Å². The lowest BCUT2D eigenvalue weighted by molar-refractivity contribution is 0.102. The largest absolute Gasteiger partial charge is 0.492 e. The fourth-order valence-electron chi connectivity index (χ4n) is 2.46. The summed E-state index contributed by atoms with van der Waals surface area (Å²) in [5, 5.41) is 2.66. The molecule has 0 bridgehead atoms. The topological polar surface area (TPSA) is 84.1 Å². The molecule has 2 heterocycles. The molecular formula is C19H15ClFN3O3. The summed E-state index contributed by atoms with van der Waals surface area (Å²) in [5.41, 5.74) is 0.389. The third-order valence-electron chi connectivity index (χ3n) is 3.71. The van der Waals surface area contributed by atoms with Crippen molar-refractivity contribution >= 4 is 29.0 Å². The molecule has 0 spiro atoms. The summed E-state index contributed by atoms with van der Waals surface area (Å²) in [6.45, 7) is 2.25. The van der Waals surface area contributed by atoms with Gasteiger partial charge < -0.3 is 15.0 Å². The molecule has 3 aromatic rings. The number of H-pyrrole nitrogens is 1. The van der Waals surface area contributed by atoms with Crippen LogP contribution in [0.4, 0.5) is 10.1 Å². The van der Waals surface area contributed by atoms with E-state index in [-0.39, 0.29) is 21.8 Å². The normalized spacial score (nSPS) is 10.5. The summed E-state index contributed by atoms with van der Waals surface area (Å²) in [5.74, 6) is -1.37. The number of ether oxygens (including phenoxy) is 1. The SMILES string of the molecule is CCOc1ccncc1NC(=O)c1cc(C(=O)c2c(F)cccc2Cl)c[nH]1. The van der Waals surface area contributed by atoms with Crippen LogP contribution in [0.2, 0.25) is 5.02 Å². The zero-order valence-electron chi connectivity index (χ0n) is 14.3. The van der Waals surface area contributed by atoms with E-state index in [1.54, 1.807) is 12.3 Å². The highest BCUT2D eigenvalue weighted by atomic mass is 35.5. The predicted octanol–water partition coefficient (Wildman–Crippen LogP) is 4.08. The summed E-state index contributed by atoms with van der Waals surface area (Å²) >= 11 is 5.93. The van der Waals surface area contributed by atoms with Gasteiger partial charge in [-0.3, -0.25) is 14.6 Å². The van der Waals surface area contributed by atoms with Crippen LogP contribution >= 0.6 is 11.6 Å². The number of carbonyl (C=O) groups is 2. The van der Waals surface area contributed by atoms with Crippen LogP contribution < -0.4 is 10.1 Å². The third kappa shape index (κ3) is 3.98. The van der Waals surface area contributed by atoms with E-state index in [0.29, 0.717) is 18.0 Å². The lowest BCUT2D eigenvalue weighted by atomic mass is 10.1. The smallest absolute Gasteiger partial charge is 0.272 e. The Morgan fingerprint density at radius 1 is 1.33 bits per heavy atom. The standard InChI is InChI=1S/C19H15ClFN3O3/c1-2-27-16-6-7-22-10-15(16)24-19(26)14-8-11(9-23-14)18(25)17-12(20)4-3-5-13(17)21/h3-10,23H,2H2,1H3,(H,24,26). The number of anilines is 1. The number of aromatic nitrogens is 2. The molecule has 2 N–H and O–H groups in total. The van der Waals surface area contributed by atoms with Crippen LogP contribution in [0.3, 0.4) is 0 Å². The second-order valence-corrected chi connectivity index (χ2v) is 5.89. The van der Waals surface area contributed by atoms with Gasteiger partial charge in [-0.2, -0.15) is 0 Å². The number of nitrogens with zero attached hydrogens (tertiary/aromatic N) is 1. The van der Waals surface area contributed by atoms with Crippen molar-refractivity contribution in [3.63, 3.8) is 0 Å². The lowest BCUT2D eigenvalue weighted by Crippen LogP contribution is -2.13. The molecule has 1 aromatic carbocycles. The van der Waals surface area contributed by atoms with E-state index in [2.05, 4.69) is 15.3 Å². The van der Waals surface area contributed by atoms with E-state index in [4.69, 9.17) is 16.3 Å². The molecule has 0 saturated heterocycles. The zero-order chi connectivity index (χ0) is 19.4. The molecule has 0 radical (unpaired) electrons. The van der Waals surface area contributed by atoms with Crippen molar-refractivity contribution < 1.29 is 18.7 Å². The Morgan fingerprint density at radius 3 is 2.89 bits per heavy atom. The van der Waals surface area contributed by atoms with Gasteiger partial charge in [0.1, 0.15) is 22.9 Å². The van der Waals surface area contributed by atoms with Gasteiger partial charge in [0.2, 0.25) is 0 Å². The summed E-state index contributed by atoms with van der Waals surface area (Å²) in [7, 11) is 0. The van der Waals surface area contributed by atoms with Crippen molar-refractivity contribution in [1.29, 1.82) is 0 Å². The van der Waals surface area contributed by atoms with Gasteiger partial charge in [-0.15, -0.1) is 0 Å². The van der Waals surface area contributed by atoms with Crippen LogP contribution in [0.5, 0.6) is 5.75 Å². The van der Waals surface area contributed by atoms with Gasteiger partial charge in [-0.1, -0.05) is 17.7 Å². The minimum Gasteiger partial charge on any atom is -0.492 e. The Kier molecular flexibility index (Phi) is 5.52. The number of carbonyl (C=O) groups excluding carboxylic acids is 2. The number of halogens is 2. The quantitative estimate of drug-likeness (QED) is 0.624. The first kappa shape index (κ1) is 18.6. The molecule has 0 fully saturated rings. The van der Waals surface area contributed by atoms with Gasteiger partial charge >= 0.3 is 0 Å². The number of hydrogen-bond donors (Lipinski definition) is 2. The number of rotatable bonds is 6. The molecular weight excluding hydrogens is 373 g/mol. The Balaban J connectivity index is 1.82. The number of amides is 1. The zero-order valence-corrected chi connectivity index (χ0v) is 15.0. The van der Waals surface area contributed by atoms with Gasteiger partial charge in [0, 0.05) is 24.0 Å². The molecule has 27 heavy (non-hydrogen) atoms. The van der Waals surface area contributed by atoms with Crippen LogP contribution in [0.1, 0.15) is 33.3 Å². The summed E-state index contributed by atoms with van der Waals surface area (Å²) in [6, 6.07) is 6.95. The van der Waals surface area contributed by atoms with Gasteiger partial charge in [0.25, 0.3) is 5.91 Å². The summed E-state index contributed by atoms with van der Waals surface area (Å²) < 4.78 is 19.4. The maximum atomic E-state index is 13.9. The minimum absolute atomic E-state index is 0.00363. The Bertz CT molecular complexity index is 983. The van der Waals surface area contributed by atoms with Crippen molar-refractivity contribution in [2.45, 2.75) is 6.92 Å². The van der Waals surface area contributed by atoms with E-state index in [0.717, 1.165) is 6.07 Å². The first-order chi connectivity index (χ1) is 13.0. The number of hydrogen-bond acceptors (Lipinski definition) is 4. The average Bonchev–Trinajstić information content (AvgIpc) is 3.13. The third-order valence-corrected chi connectivity index (χ3v) is 4.02. The molecule has 8 heteroatoms. The molecule has 0 aliphatic rings. The van der Waals surface area contributed by atoms with Crippen molar-refractivity contribution in [1.82, 2.24) is 9.97 Å². The molecule has 6 nitrogen and oxygen atoms in total. The molecule has 2 aromatic heterocycles. The minimum atomic E-state index is -0.726. The summed E-state index contributed by atoms with van der Waals surface area (Å²) in [4.78, 5) is 31.6. The van der Waals surface area contributed by atoms with Crippen molar-refractivity contribution in [2.24, 2.45) is 0 Å². The number of pyridine rings is 1. The molecule has 0 aliphatic carbocycles. The van der Waals surface area contributed by atoms with Gasteiger partial charge in [-0.05, 0) is 25.1 Å². The molecule has 3 rings (SSSR count). The molecule has 0 unspecified atom stereocenters. The van der Waals surface area contributed by atoms with E-state index >= 15 is 0 Å². The molecule has 0 aliphatic heterocycles. The monoisotopic (exact) mass is 387 g/mol. The molecule has 1 amide bonds. The Hall–Kier alpha value is -3.19. The van der Waals surface area contributed by atoms with Crippen molar-refractivity contribution in [3.05, 3.63) is 76.6 Å². The highest BCUT2D eigenvalue weighted by Crippen LogP contribution is 2.25. The number of nitrogens with one attached hydrogen (secondary N) is 2. The highest BCUT2D eigenvalue weighted by Gasteiger charge is 2.20. The molecule has 0 saturated carbocycles. The fraction of sp³-hybridized carbons (Fsp3) is 0.105. The van der Waals surface area contributed by atoms with Gasteiger partial charge in [0.05, 0.1) is 23.4 Å². The van der Waals surface area contributed by atoms with E-state index < -0.39 is 17.5 Å². The van der Waals surface area contributed by atoms with E-state index in [1.165, 1.54) is 30.6 Å². The summed E-state index contributed by atoms with van der Waals surface area (Å²) in [6.07, 6.45) is 4.33. The average molecular weight is 388 g/mol. The van der Waals surface area contributed by atoms with Crippen molar-refractivity contribution in [3.8, 4) is 5.75 Å². The molecule has 138 valence electrons. The number of ketones is 1. The highest BCUT2D eigenvalue weighted by molar-refractivity contribution is 6.35. The maximum Gasteiger partial charge on any atom is 0.272 e. The van der Waals surface area contributed by atoms with E-state index in [1.807, 2.05) is 6.92 Å².